The lowest BCUT2D eigenvalue weighted by Gasteiger charge is -2.33. The predicted octanol–water partition coefficient (Wildman–Crippen LogP) is 3.24. The summed E-state index contributed by atoms with van der Waals surface area (Å²) in [5, 5.41) is 0.197. The highest BCUT2D eigenvalue weighted by molar-refractivity contribution is 7.90. The molecule has 3 heterocycles. The van der Waals surface area contributed by atoms with Gasteiger partial charge in [-0.1, -0.05) is 18.0 Å². The van der Waals surface area contributed by atoms with E-state index in [0.717, 1.165) is 19.3 Å². The first kappa shape index (κ1) is 22.1. The van der Waals surface area contributed by atoms with Crippen molar-refractivity contribution in [3.63, 3.8) is 0 Å². The maximum Gasteiger partial charge on any atom is 0.310 e. The first-order valence-electron chi connectivity index (χ1n) is 10.7. The molecule has 0 radical (unpaired) electrons. The maximum atomic E-state index is 13.2. The van der Waals surface area contributed by atoms with Gasteiger partial charge in [-0.3, -0.25) is 9.59 Å². The number of benzene rings is 1. The van der Waals surface area contributed by atoms with Gasteiger partial charge >= 0.3 is 5.97 Å². The molecule has 2 fully saturated rings. The number of amidine groups is 1. The van der Waals surface area contributed by atoms with Gasteiger partial charge in [0.2, 0.25) is 0 Å². The molecular weight excluding hydrogens is 442 g/mol. The van der Waals surface area contributed by atoms with Crippen molar-refractivity contribution in [2.24, 2.45) is 10.3 Å². The molecular formula is C21H26ClN3O5S. The molecule has 8 nitrogen and oxygen atoms in total. The number of hydrogen-bond donors (Lipinski definition) is 0. The Morgan fingerprint density at radius 3 is 2.77 bits per heavy atom. The molecule has 0 spiro atoms. The SMILES string of the molecule is CCOC(=O)[C@@H]1CCCN(C(=O)c2cc3c(cc2Cl)N2CCCCCC2=NS3(=O)=O)C1. The summed E-state index contributed by atoms with van der Waals surface area (Å²) in [6.07, 6.45) is 4.74. The number of ether oxygens (including phenoxy) is 1. The summed E-state index contributed by atoms with van der Waals surface area (Å²) in [5.74, 6) is -0.555. The fourth-order valence-corrected chi connectivity index (χ4v) is 5.95. The third-order valence-corrected chi connectivity index (χ3v) is 7.64. The van der Waals surface area contributed by atoms with Gasteiger partial charge in [-0.05, 0) is 44.7 Å². The van der Waals surface area contributed by atoms with E-state index in [-0.39, 0.29) is 46.4 Å². The van der Waals surface area contributed by atoms with Crippen molar-refractivity contribution in [2.75, 3.05) is 31.1 Å². The fraction of sp³-hybridized carbons (Fsp3) is 0.571. The van der Waals surface area contributed by atoms with Crippen LogP contribution in [0.3, 0.4) is 0 Å². The number of likely N-dealkylation sites (tertiary alicyclic amines) is 1. The molecule has 3 aliphatic heterocycles. The largest absolute Gasteiger partial charge is 0.466 e. The van der Waals surface area contributed by atoms with Crippen LogP contribution in [0.15, 0.2) is 21.4 Å². The molecule has 168 valence electrons. The van der Waals surface area contributed by atoms with E-state index in [2.05, 4.69) is 4.40 Å². The van der Waals surface area contributed by atoms with Crippen molar-refractivity contribution >= 4 is 45.0 Å². The van der Waals surface area contributed by atoms with Crippen molar-refractivity contribution in [3.8, 4) is 0 Å². The molecule has 1 aromatic rings. The molecule has 1 atom stereocenters. The van der Waals surface area contributed by atoms with Gasteiger partial charge in [-0.25, -0.2) is 0 Å². The number of amides is 1. The maximum absolute atomic E-state index is 13.2. The Hall–Kier alpha value is -2.13. The highest BCUT2D eigenvalue weighted by Gasteiger charge is 2.35. The number of rotatable bonds is 3. The van der Waals surface area contributed by atoms with E-state index in [1.807, 2.05) is 4.90 Å². The van der Waals surface area contributed by atoms with Gasteiger partial charge in [0.05, 0.1) is 28.8 Å². The van der Waals surface area contributed by atoms with E-state index < -0.39 is 10.0 Å². The third-order valence-electron chi connectivity index (χ3n) is 6.00. The highest BCUT2D eigenvalue weighted by Crippen LogP contribution is 2.38. The molecule has 10 heteroatoms. The normalized spacial score (nSPS) is 22.6. The monoisotopic (exact) mass is 467 g/mol. The van der Waals surface area contributed by atoms with Crippen LogP contribution in [-0.4, -0.2) is 57.3 Å². The lowest BCUT2D eigenvalue weighted by atomic mass is 9.97. The lowest BCUT2D eigenvalue weighted by molar-refractivity contribution is -0.149. The summed E-state index contributed by atoms with van der Waals surface area (Å²) in [6, 6.07) is 2.91. The zero-order valence-electron chi connectivity index (χ0n) is 17.5. The average molecular weight is 468 g/mol. The van der Waals surface area contributed by atoms with Crippen LogP contribution in [0.1, 0.15) is 55.8 Å². The number of sulfonamides is 1. The Morgan fingerprint density at radius 2 is 2.00 bits per heavy atom. The van der Waals surface area contributed by atoms with Crippen LogP contribution in [-0.2, 0) is 19.6 Å². The minimum atomic E-state index is -3.92. The number of anilines is 1. The standard InChI is InChI=1S/C21H26ClN3O5S/c1-2-30-21(27)14-7-6-9-24(13-14)20(26)15-11-18-17(12-16(15)22)25-10-5-3-4-8-19(25)23-31(18,28)29/h11-12,14H,2-10,13H2,1H3/t14-/m1/s1. The van der Waals surface area contributed by atoms with Gasteiger partial charge in [-0.15, -0.1) is 4.40 Å². The molecule has 0 aromatic heterocycles. The third kappa shape index (κ3) is 4.30. The van der Waals surface area contributed by atoms with Crippen LogP contribution in [0, 0.1) is 5.92 Å². The highest BCUT2D eigenvalue weighted by atomic mass is 35.5. The van der Waals surface area contributed by atoms with Crippen LogP contribution in [0.5, 0.6) is 0 Å². The second-order valence-electron chi connectivity index (χ2n) is 8.09. The first-order valence-corrected chi connectivity index (χ1v) is 12.5. The van der Waals surface area contributed by atoms with E-state index in [4.69, 9.17) is 16.3 Å². The lowest BCUT2D eigenvalue weighted by Crippen LogP contribution is -2.43. The van der Waals surface area contributed by atoms with Crippen LogP contribution in [0.4, 0.5) is 5.69 Å². The number of nitrogens with zero attached hydrogens (tertiary/aromatic N) is 3. The Kier molecular flexibility index (Phi) is 6.25. The van der Waals surface area contributed by atoms with Crippen molar-refractivity contribution in [3.05, 3.63) is 22.7 Å². The smallest absolute Gasteiger partial charge is 0.310 e. The number of halogens is 1. The summed E-state index contributed by atoms with van der Waals surface area (Å²) in [7, 11) is -3.92. The van der Waals surface area contributed by atoms with Gasteiger partial charge < -0.3 is 14.5 Å². The Bertz CT molecular complexity index is 1040. The van der Waals surface area contributed by atoms with Crippen molar-refractivity contribution in [2.45, 2.75) is 50.3 Å². The molecule has 0 aliphatic carbocycles. The fourth-order valence-electron chi connectivity index (χ4n) is 4.44. The van der Waals surface area contributed by atoms with Crippen molar-refractivity contribution < 1.29 is 22.7 Å². The van der Waals surface area contributed by atoms with E-state index in [1.165, 1.54) is 6.07 Å². The number of piperidine rings is 1. The van der Waals surface area contributed by atoms with Crippen LogP contribution in [0.25, 0.3) is 0 Å². The number of esters is 1. The van der Waals surface area contributed by atoms with Crippen LogP contribution < -0.4 is 4.90 Å². The molecule has 0 saturated carbocycles. The van der Waals surface area contributed by atoms with Crippen LogP contribution in [0.2, 0.25) is 5.02 Å². The second-order valence-corrected chi connectivity index (χ2v) is 10.1. The summed E-state index contributed by atoms with van der Waals surface area (Å²) >= 11 is 6.49. The zero-order valence-corrected chi connectivity index (χ0v) is 19.0. The van der Waals surface area contributed by atoms with Crippen LogP contribution >= 0.6 is 11.6 Å². The predicted molar refractivity (Wildman–Crippen MR) is 117 cm³/mol. The van der Waals surface area contributed by atoms with Gasteiger partial charge in [0.1, 0.15) is 10.7 Å². The van der Waals surface area contributed by atoms with E-state index in [1.54, 1.807) is 17.9 Å². The molecule has 0 bridgehead atoms. The van der Waals surface area contributed by atoms with E-state index in [0.29, 0.717) is 43.9 Å². The Labute approximate surface area is 187 Å². The van der Waals surface area contributed by atoms with Gasteiger partial charge in [0, 0.05) is 26.1 Å². The average Bonchev–Trinajstić information content (AvgIpc) is 2.98. The Balaban J connectivity index is 1.66. The van der Waals surface area contributed by atoms with Gasteiger partial charge in [-0.2, -0.15) is 8.42 Å². The molecule has 2 saturated heterocycles. The second kappa shape index (κ2) is 8.78. The summed E-state index contributed by atoms with van der Waals surface area (Å²) < 4.78 is 34.9. The number of hydrogen-bond acceptors (Lipinski definition) is 6. The molecule has 4 rings (SSSR count). The van der Waals surface area contributed by atoms with Crippen molar-refractivity contribution in [1.82, 2.24) is 4.90 Å². The minimum absolute atomic E-state index is 0.00449. The number of carbonyl (C=O) groups excluding carboxylic acids is 2. The van der Waals surface area contributed by atoms with Gasteiger partial charge in [0.15, 0.2) is 0 Å². The molecule has 0 unspecified atom stereocenters. The van der Waals surface area contributed by atoms with Crippen molar-refractivity contribution in [1.29, 1.82) is 0 Å². The molecule has 3 aliphatic rings. The summed E-state index contributed by atoms with van der Waals surface area (Å²) in [6.45, 7) is 3.40. The number of carbonyl (C=O) groups is 2. The topological polar surface area (TPSA) is 96.3 Å². The molecule has 0 N–H and O–H groups in total. The zero-order chi connectivity index (χ0) is 22.2. The molecule has 1 aromatic carbocycles. The minimum Gasteiger partial charge on any atom is -0.466 e. The summed E-state index contributed by atoms with van der Waals surface area (Å²) in [4.78, 5) is 28.8. The van der Waals surface area contributed by atoms with E-state index >= 15 is 0 Å². The molecule has 31 heavy (non-hydrogen) atoms. The quantitative estimate of drug-likeness (QED) is 0.633. The van der Waals surface area contributed by atoms with Gasteiger partial charge in [0.25, 0.3) is 15.9 Å². The first-order chi connectivity index (χ1) is 14.8. The number of fused-ring (bicyclic) bond motifs is 3. The summed E-state index contributed by atoms with van der Waals surface area (Å²) in [5.41, 5.74) is 0.596. The van der Waals surface area contributed by atoms with E-state index in [9.17, 15) is 18.0 Å². The molecule has 1 amide bonds. The Morgan fingerprint density at radius 1 is 1.19 bits per heavy atom.